The van der Waals surface area contributed by atoms with Gasteiger partial charge in [-0.3, -0.25) is 0 Å². The summed E-state index contributed by atoms with van der Waals surface area (Å²) in [5.74, 6) is 0.574. The van der Waals surface area contributed by atoms with Crippen LogP contribution in [0.25, 0.3) is 0 Å². The first-order valence-electron chi connectivity index (χ1n) is 7.52. The first-order valence-corrected chi connectivity index (χ1v) is 8.78. The van der Waals surface area contributed by atoms with Crippen LogP contribution in [0.15, 0.2) is 28.7 Å². The van der Waals surface area contributed by atoms with Gasteiger partial charge in [0.05, 0.1) is 11.6 Å². The molecule has 0 aromatic carbocycles. The second-order valence-corrected chi connectivity index (χ2v) is 6.32. The first kappa shape index (κ1) is 22.9. The van der Waals surface area contributed by atoms with E-state index in [-0.39, 0.29) is 24.0 Å². The Morgan fingerprint density at radius 1 is 1.31 bits per heavy atom. The molecule has 5 nitrogen and oxygen atoms in total. The predicted octanol–water partition coefficient (Wildman–Crippen LogP) is 4.13. The van der Waals surface area contributed by atoms with Crippen molar-refractivity contribution in [3.05, 3.63) is 45.1 Å². The van der Waals surface area contributed by atoms with E-state index in [0.717, 1.165) is 22.3 Å². The molecule has 2 aromatic heterocycles. The summed E-state index contributed by atoms with van der Waals surface area (Å²) in [6.07, 6.45) is -2.37. The van der Waals surface area contributed by atoms with E-state index in [1.165, 1.54) is 0 Å². The molecule has 0 saturated heterocycles. The van der Waals surface area contributed by atoms with Gasteiger partial charge in [-0.2, -0.15) is 13.2 Å². The third kappa shape index (κ3) is 7.62. The number of aromatic nitrogens is 2. The lowest BCUT2D eigenvalue weighted by Gasteiger charge is -2.10. The molecule has 0 radical (unpaired) electrons. The van der Waals surface area contributed by atoms with E-state index in [1.54, 1.807) is 12.3 Å². The van der Waals surface area contributed by atoms with Crippen LogP contribution in [0.1, 0.15) is 23.2 Å². The van der Waals surface area contributed by atoms with Crippen LogP contribution in [-0.4, -0.2) is 29.0 Å². The van der Waals surface area contributed by atoms with Crippen molar-refractivity contribution >= 4 is 52.9 Å². The number of nitrogens with one attached hydrogen (secondary N) is 2. The minimum Gasteiger partial charge on any atom is -0.357 e. The summed E-state index contributed by atoms with van der Waals surface area (Å²) in [6, 6.07) is 3.52. The van der Waals surface area contributed by atoms with Crippen molar-refractivity contribution in [2.45, 2.75) is 26.1 Å². The molecule has 26 heavy (non-hydrogen) atoms. The lowest BCUT2D eigenvalue weighted by Crippen LogP contribution is -2.38. The second-order valence-electron chi connectivity index (χ2n) is 4.99. The van der Waals surface area contributed by atoms with Crippen molar-refractivity contribution in [1.82, 2.24) is 20.6 Å². The monoisotopic (exact) mass is 519 g/mol. The standard InChI is InChI=1S/C15H17ClF3N5S.HI/c1-2-20-14(23-8-10-3-4-12(16)22-7-10)21-6-5-13-24-11(9-25-13)15(17,18)19;/h3-4,7,9H,2,5-6,8H2,1H3,(H2,20,21,23);1H. The number of guanidine groups is 1. The van der Waals surface area contributed by atoms with Gasteiger partial charge in [0, 0.05) is 31.1 Å². The fourth-order valence-electron chi connectivity index (χ4n) is 1.86. The van der Waals surface area contributed by atoms with Crippen molar-refractivity contribution in [2.75, 3.05) is 13.1 Å². The molecular weight excluding hydrogens is 502 g/mol. The number of halogens is 5. The largest absolute Gasteiger partial charge is 0.434 e. The van der Waals surface area contributed by atoms with Crippen molar-refractivity contribution in [2.24, 2.45) is 4.99 Å². The first-order chi connectivity index (χ1) is 11.9. The molecule has 0 unspecified atom stereocenters. The van der Waals surface area contributed by atoms with Crippen LogP contribution in [-0.2, 0) is 19.1 Å². The molecule has 2 heterocycles. The Hall–Kier alpha value is -1.14. The number of nitrogens with zero attached hydrogens (tertiary/aromatic N) is 3. The highest BCUT2D eigenvalue weighted by molar-refractivity contribution is 14.0. The van der Waals surface area contributed by atoms with Crippen LogP contribution in [0.3, 0.4) is 0 Å². The van der Waals surface area contributed by atoms with Gasteiger partial charge in [-0.25, -0.2) is 15.0 Å². The number of thiazole rings is 1. The van der Waals surface area contributed by atoms with Gasteiger partial charge in [-0.15, -0.1) is 35.3 Å². The second kappa shape index (κ2) is 10.9. The summed E-state index contributed by atoms with van der Waals surface area (Å²) in [4.78, 5) is 12.0. The summed E-state index contributed by atoms with van der Waals surface area (Å²) >= 11 is 6.73. The zero-order valence-corrected chi connectivity index (χ0v) is 17.7. The van der Waals surface area contributed by atoms with Crippen molar-refractivity contribution in [3.8, 4) is 0 Å². The molecule has 144 valence electrons. The normalized spacial score (nSPS) is 11.8. The molecule has 0 aliphatic carbocycles. The van der Waals surface area contributed by atoms with Crippen LogP contribution < -0.4 is 10.6 Å². The van der Waals surface area contributed by atoms with E-state index < -0.39 is 11.9 Å². The lowest BCUT2D eigenvalue weighted by molar-refractivity contribution is -0.140. The average molecular weight is 520 g/mol. The molecule has 0 saturated carbocycles. The van der Waals surface area contributed by atoms with Crippen molar-refractivity contribution in [3.63, 3.8) is 0 Å². The molecule has 0 spiro atoms. The van der Waals surface area contributed by atoms with Crippen LogP contribution in [0.4, 0.5) is 13.2 Å². The highest BCUT2D eigenvalue weighted by Crippen LogP contribution is 2.29. The zero-order chi connectivity index (χ0) is 18.3. The third-order valence-corrected chi connectivity index (χ3v) is 4.16. The number of alkyl halides is 3. The summed E-state index contributed by atoms with van der Waals surface area (Å²) in [7, 11) is 0. The van der Waals surface area contributed by atoms with Gasteiger partial charge in [0.1, 0.15) is 5.15 Å². The number of rotatable bonds is 6. The molecule has 0 fully saturated rings. The number of aliphatic imine (C=N–C) groups is 1. The molecule has 0 amide bonds. The van der Waals surface area contributed by atoms with Crippen LogP contribution in [0, 0.1) is 0 Å². The molecule has 0 aliphatic heterocycles. The van der Waals surface area contributed by atoms with Gasteiger partial charge in [0.15, 0.2) is 11.7 Å². The van der Waals surface area contributed by atoms with Gasteiger partial charge in [0.25, 0.3) is 0 Å². The van der Waals surface area contributed by atoms with Crippen LogP contribution in [0.5, 0.6) is 0 Å². The molecular formula is C15H18ClF3IN5S. The number of pyridine rings is 1. The van der Waals surface area contributed by atoms with Crippen LogP contribution >= 0.6 is 46.9 Å². The van der Waals surface area contributed by atoms with E-state index >= 15 is 0 Å². The van der Waals surface area contributed by atoms with Gasteiger partial charge in [-0.1, -0.05) is 17.7 Å². The van der Waals surface area contributed by atoms with Crippen molar-refractivity contribution < 1.29 is 13.2 Å². The number of hydrogen-bond acceptors (Lipinski definition) is 4. The Morgan fingerprint density at radius 2 is 2.08 bits per heavy atom. The van der Waals surface area contributed by atoms with Gasteiger partial charge >= 0.3 is 6.18 Å². The van der Waals surface area contributed by atoms with Gasteiger partial charge < -0.3 is 10.6 Å². The highest BCUT2D eigenvalue weighted by Gasteiger charge is 2.33. The molecule has 2 aromatic rings. The summed E-state index contributed by atoms with van der Waals surface area (Å²) < 4.78 is 37.6. The maximum atomic E-state index is 12.5. The van der Waals surface area contributed by atoms with E-state index in [2.05, 4.69) is 25.6 Å². The fourth-order valence-corrected chi connectivity index (χ4v) is 2.77. The van der Waals surface area contributed by atoms with Crippen LogP contribution in [0.2, 0.25) is 5.15 Å². The Labute approximate surface area is 175 Å². The molecule has 0 bridgehead atoms. The van der Waals surface area contributed by atoms with E-state index in [1.807, 2.05) is 13.0 Å². The van der Waals surface area contributed by atoms with E-state index in [0.29, 0.717) is 42.2 Å². The maximum Gasteiger partial charge on any atom is 0.434 e. The highest BCUT2D eigenvalue weighted by atomic mass is 127. The maximum absolute atomic E-state index is 12.5. The molecule has 0 atom stereocenters. The third-order valence-electron chi connectivity index (χ3n) is 3.03. The summed E-state index contributed by atoms with van der Waals surface area (Å²) in [5.41, 5.74) is 0.0552. The summed E-state index contributed by atoms with van der Waals surface area (Å²) in [6.45, 7) is 3.43. The van der Waals surface area contributed by atoms with Crippen molar-refractivity contribution in [1.29, 1.82) is 0 Å². The Morgan fingerprint density at radius 3 is 2.65 bits per heavy atom. The smallest absolute Gasteiger partial charge is 0.357 e. The Kier molecular flexibility index (Phi) is 9.58. The Bertz CT molecular complexity index is 706. The Balaban J connectivity index is 0.00000338. The number of hydrogen-bond donors (Lipinski definition) is 2. The molecule has 2 rings (SSSR count). The van der Waals surface area contributed by atoms with Gasteiger partial charge in [-0.05, 0) is 18.6 Å². The molecule has 2 N–H and O–H groups in total. The van der Waals surface area contributed by atoms with E-state index in [9.17, 15) is 13.2 Å². The fraction of sp³-hybridized carbons (Fsp3) is 0.400. The minimum absolute atomic E-state index is 0. The quantitative estimate of drug-likeness (QED) is 0.261. The lowest BCUT2D eigenvalue weighted by atomic mass is 10.3. The van der Waals surface area contributed by atoms with E-state index in [4.69, 9.17) is 11.6 Å². The minimum atomic E-state index is -4.40. The molecule has 0 aliphatic rings. The SMILES string of the molecule is CCNC(=NCc1ccc(Cl)nc1)NCCc1nc(C(F)(F)F)cs1.I. The predicted molar refractivity (Wildman–Crippen MR) is 108 cm³/mol. The average Bonchev–Trinajstić information content (AvgIpc) is 3.03. The zero-order valence-electron chi connectivity index (χ0n) is 13.8. The van der Waals surface area contributed by atoms with Gasteiger partial charge in [0.2, 0.25) is 0 Å². The molecule has 11 heteroatoms. The topological polar surface area (TPSA) is 62.2 Å². The summed E-state index contributed by atoms with van der Waals surface area (Å²) in [5, 5.41) is 8.03.